The van der Waals surface area contributed by atoms with Crippen molar-refractivity contribution in [3.05, 3.63) is 33.4 Å². The Bertz CT molecular complexity index is 420. The van der Waals surface area contributed by atoms with Crippen LogP contribution in [0.5, 0.6) is 0 Å². The number of hydrogen-bond acceptors (Lipinski definition) is 3. The predicted octanol–water partition coefficient (Wildman–Crippen LogP) is 1.79. The minimum absolute atomic E-state index is 0.0288. The molecule has 1 aliphatic heterocycles. The average molecular weight is 374 g/mol. The van der Waals surface area contributed by atoms with Crippen molar-refractivity contribution in [1.82, 2.24) is 10.6 Å². The van der Waals surface area contributed by atoms with E-state index in [1.165, 1.54) is 0 Å². The number of benzene rings is 1. The molecular weight excluding hydrogens is 355 g/mol. The number of hydrogen-bond donors (Lipinski definition) is 2. The summed E-state index contributed by atoms with van der Waals surface area (Å²) in [7, 11) is 0. The third-order valence-corrected chi connectivity index (χ3v) is 4.09. The van der Waals surface area contributed by atoms with Gasteiger partial charge in [-0.3, -0.25) is 4.79 Å². The second kappa shape index (κ2) is 7.81. The van der Waals surface area contributed by atoms with Crippen molar-refractivity contribution in [2.24, 2.45) is 0 Å². The van der Waals surface area contributed by atoms with Crippen LogP contribution in [0, 0.1) is 3.57 Å². The molecule has 4 nitrogen and oxygen atoms in total. The molecule has 0 aliphatic carbocycles. The third-order valence-electron chi connectivity index (χ3n) is 3.15. The van der Waals surface area contributed by atoms with Crippen LogP contribution in [0.1, 0.15) is 23.2 Å². The van der Waals surface area contributed by atoms with E-state index in [0.29, 0.717) is 19.3 Å². The second-order valence-corrected chi connectivity index (χ2v) is 5.72. The second-order valence-electron chi connectivity index (χ2n) is 4.56. The van der Waals surface area contributed by atoms with E-state index in [2.05, 4.69) is 33.2 Å². The molecule has 1 aromatic carbocycles. The van der Waals surface area contributed by atoms with Crippen LogP contribution in [0.2, 0.25) is 0 Å². The van der Waals surface area contributed by atoms with Crippen molar-refractivity contribution in [1.29, 1.82) is 0 Å². The van der Waals surface area contributed by atoms with Gasteiger partial charge in [0.25, 0.3) is 5.91 Å². The Labute approximate surface area is 127 Å². The van der Waals surface area contributed by atoms with Gasteiger partial charge >= 0.3 is 0 Å². The summed E-state index contributed by atoms with van der Waals surface area (Å²) in [5, 5.41) is 6.20. The predicted molar refractivity (Wildman–Crippen MR) is 83.3 cm³/mol. The van der Waals surface area contributed by atoms with Gasteiger partial charge in [0.2, 0.25) is 0 Å². The van der Waals surface area contributed by atoms with E-state index in [-0.39, 0.29) is 5.91 Å². The van der Waals surface area contributed by atoms with E-state index in [0.717, 1.165) is 35.1 Å². The molecule has 0 atom stereocenters. The summed E-state index contributed by atoms with van der Waals surface area (Å²) in [5.74, 6) is -0.0288. The molecule has 0 aromatic heterocycles. The number of amides is 1. The Hall–Kier alpha value is -0.660. The molecule has 0 saturated carbocycles. The largest absolute Gasteiger partial charge is 0.376 e. The molecule has 2 N–H and O–H groups in total. The van der Waals surface area contributed by atoms with Crippen molar-refractivity contribution in [3.63, 3.8) is 0 Å². The van der Waals surface area contributed by atoms with Gasteiger partial charge in [0, 0.05) is 10.1 Å². The van der Waals surface area contributed by atoms with Crippen molar-refractivity contribution in [2.75, 3.05) is 26.2 Å². The molecule has 0 spiro atoms. The van der Waals surface area contributed by atoms with E-state index < -0.39 is 0 Å². The normalized spacial score (nSPS) is 16.3. The minimum Gasteiger partial charge on any atom is -0.376 e. The molecule has 1 aliphatic rings. The van der Waals surface area contributed by atoms with Gasteiger partial charge in [0.15, 0.2) is 0 Å². The topological polar surface area (TPSA) is 50.4 Å². The Morgan fingerprint density at radius 2 is 2.11 bits per heavy atom. The van der Waals surface area contributed by atoms with Crippen LogP contribution in [-0.4, -0.2) is 38.3 Å². The number of piperidine rings is 1. The molecule has 0 radical (unpaired) electrons. The van der Waals surface area contributed by atoms with Gasteiger partial charge < -0.3 is 15.4 Å². The van der Waals surface area contributed by atoms with Gasteiger partial charge in [-0.05, 0) is 60.7 Å². The highest BCUT2D eigenvalue weighted by Crippen LogP contribution is 2.11. The molecule has 1 fully saturated rings. The van der Waals surface area contributed by atoms with Crippen molar-refractivity contribution in [2.45, 2.75) is 18.9 Å². The minimum atomic E-state index is -0.0288. The lowest BCUT2D eigenvalue weighted by Gasteiger charge is -2.22. The smallest absolute Gasteiger partial charge is 0.252 e. The van der Waals surface area contributed by atoms with Crippen LogP contribution < -0.4 is 10.6 Å². The summed E-state index contributed by atoms with van der Waals surface area (Å²) in [5.41, 5.74) is 0.727. The summed E-state index contributed by atoms with van der Waals surface area (Å²) >= 11 is 2.17. The number of carbonyl (C=O) groups excluding carboxylic acids is 1. The monoisotopic (exact) mass is 374 g/mol. The van der Waals surface area contributed by atoms with E-state index in [1.54, 1.807) is 0 Å². The maximum Gasteiger partial charge on any atom is 0.252 e. The van der Waals surface area contributed by atoms with Crippen LogP contribution in [0.25, 0.3) is 0 Å². The number of ether oxygens (including phenoxy) is 1. The van der Waals surface area contributed by atoms with E-state index in [1.807, 2.05) is 24.3 Å². The first kappa shape index (κ1) is 14.7. The Morgan fingerprint density at radius 3 is 2.84 bits per heavy atom. The van der Waals surface area contributed by atoms with Crippen molar-refractivity contribution < 1.29 is 9.53 Å². The first-order valence-corrected chi connectivity index (χ1v) is 7.70. The average Bonchev–Trinajstić information content (AvgIpc) is 2.45. The highest BCUT2D eigenvalue weighted by atomic mass is 127. The van der Waals surface area contributed by atoms with Crippen LogP contribution in [0.15, 0.2) is 24.3 Å². The summed E-state index contributed by atoms with van der Waals surface area (Å²) in [6.07, 6.45) is 2.46. The van der Waals surface area contributed by atoms with Gasteiger partial charge in [-0.2, -0.15) is 0 Å². The number of nitrogens with one attached hydrogen (secondary N) is 2. The molecule has 0 unspecified atom stereocenters. The van der Waals surface area contributed by atoms with Gasteiger partial charge in [0.05, 0.1) is 18.3 Å². The fourth-order valence-corrected chi connectivity index (χ4v) is 2.73. The molecule has 1 amide bonds. The molecule has 0 bridgehead atoms. The zero-order valence-corrected chi connectivity index (χ0v) is 13.0. The Balaban J connectivity index is 1.68. The van der Waals surface area contributed by atoms with Crippen LogP contribution >= 0.6 is 22.6 Å². The highest BCUT2D eigenvalue weighted by Gasteiger charge is 2.13. The van der Waals surface area contributed by atoms with E-state index in [9.17, 15) is 4.79 Å². The quantitative estimate of drug-likeness (QED) is 0.611. The molecular formula is C14H19IN2O2. The lowest BCUT2D eigenvalue weighted by molar-refractivity contribution is 0.0343. The number of rotatable bonds is 5. The summed E-state index contributed by atoms with van der Waals surface area (Å²) in [4.78, 5) is 11.9. The summed E-state index contributed by atoms with van der Waals surface area (Å²) < 4.78 is 6.71. The number of carbonyl (C=O) groups is 1. The van der Waals surface area contributed by atoms with Gasteiger partial charge in [-0.15, -0.1) is 0 Å². The lowest BCUT2D eigenvalue weighted by Crippen LogP contribution is -2.34. The first-order valence-electron chi connectivity index (χ1n) is 6.62. The van der Waals surface area contributed by atoms with Crippen molar-refractivity contribution >= 4 is 28.5 Å². The summed E-state index contributed by atoms with van der Waals surface area (Å²) in [6, 6.07) is 7.58. The molecule has 104 valence electrons. The Morgan fingerprint density at radius 1 is 1.37 bits per heavy atom. The van der Waals surface area contributed by atoms with E-state index >= 15 is 0 Å². The van der Waals surface area contributed by atoms with Gasteiger partial charge in [-0.1, -0.05) is 12.1 Å². The molecule has 1 aromatic rings. The highest BCUT2D eigenvalue weighted by molar-refractivity contribution is 14.1. The van der Waals surface area contributed by atoms with Crippen LogP contribution in [-0.2, 0) is 4.74 Å². The maximum atomic E-state index is 11.9. The number of halogens is 1. The van der Waals surface area contributed by atoms with Crippen LogP contribution in [0.4, 0.5) is 0 Å². The van der Waals surface area contributed by atoms with Crippen molar-refractivity contribution in [3.8, 4) is 0 Å². The van der Waals surface area contributed by atoms with Gasteiger partial charge in [-0.25, -0.2) is 0 Å². The SMILES string of the molecule is O=C(NCCOC1CCNCC1)c1ccccc1I. The Kier molecular flexibility index (Phi) is 6.06. The fraction of sp³-hybridized carbons (Fsp3) is 0.500. The maximum absolute atomic E-state index is 11.9. The molecule has 19 heavy (non-hydrogen) atoms. The zero-order chi connectivity index (χ0) is 13.5. The molecule has 5 heteroatoms. The van der Waals surface area contributed by atoms with E-state index in [4.69, 9.17) is 4.74 Å². The molecule has 1 saturated heterocycles. The lowest BCUT2D eigenvalue weighted by atomic mass is 10.1. The summed E-state index contributed by atoms with van der Waals surface area (Å²) in [6.45, 7) is 3.20. The standard InChI is InChI=1S/C14H19IN2O2/c15-13-4-2-1-3-12(13)14(18)17-9-10-19-11-5-7-16-8-6-11/h1-4,11,16H,5-10H2,(H,17,18). The van der Waals surface area contributed by atoms with Gasteiger partial charge in [0.1, 0.15) is 0 Å². The zero-order valence-electron chi connectivity index (χ0n) is 10.8. The third kappa shape index (κ3) is 4.74. The van der Waals surface area contributed by atoms with Crippen LogP contribution in [0.3, 0.4) is 0 Å². The molecule has 1 heterocycles. The fourth-order valence-electron chi connectivity index (χ4n) is 2.09. The molecule has 2 rings (SSSR count). The first-order chi connectivity index (χ1) is 9.27.